The molecule has 1 unspecified atom stereocenters. The molecule has 1 aliphatic carbocycles. The Hall–Kier alpha value is -1.32. The summed E-state index contributed by atoms with van der Waals surface area (Å²) in [5.41, 5.74) is 3.54. The van der Waals surface area contributed by atoms with Crippen molar-refractivity contribution < 1.29 is 0 Å². The molecule has 33 heavy (non-hydrogen) atoms. The Morgan fingerprint density at radius 2 is 1.61 bits per heavy atom. The molecule has 0 spiro atoms. The summed E-state index contributed by atoms with van der Waals surface area (Å²) in [7, 11) is 0. The summed E-state index contributed by atoms with van der Waals surface area (Å²) in [6, 6.07) is 10.2. The summed E-state index contributed by atoms with van der Waals surface area (Å²) in [5.74, 6) is 1.62. The number of hydrogen-bond donors (Lipinski definition) is 2. The number of aromatic nitrogens is 1. The van der Waals surface area contributed by atoms with Gasteiger partial charge in [-0.25, -0.2) is 0 Å². The summed E-state index contributed by atoms with van der Waals surface area (Å²) < 4.78 is 0. The number of nitrogens with one attached hydrogen (secondary N) is 2. The Morgan fingerprint density at radius 3 is 2.03 bits per heavy atom. The number of H-pyrrole nitrogens is 1. The van der Waals surface area contributed by atoms with Crippen LogP contribution in [0.5, 0.6) is 0 Å². The lowest BCUT2D eigenvalue weighted by Gasteiger charge is -2.51. The number of rotatable bonds is 1. The van der Waals surface area contributed by atoms with Gasteiger partial charge in [-0.05, 0) is 101 Å². The first kappa shape index (κ1) is 26.3. The maximum absolute atomic E-state index is 3.50. The van der Waals surface area contributed by atoms with Crippen LogP contribution in [0, 0.1) is 11.3 Å². The Balaban J connectivity index is 0.000000141. The molecule has 0 amide bonds. The fourth-order valence-corrected chi connectivity index (χ4v) is 5.92. The van der Waals surface area contributed by atoms with E-state index in [1.165, 1.54) is 68.1 Å². The van der Waals surface area contributed by atoms with Crippen LogP contribution in [-0.4, -0.2) is 40.6 Å². The molecule has 1 atom stereocenters. The zero-order chi connectivity index (χ0) is 24.2. The predicted octanol–water partition coefficient (Wildman–Crippen LogP) is 7.74. The molecule has 4 heterocycles. The van der Waals surface area contributed by atoms with Crippen molar-refractivity contribution in [1.29, 1.82) is 0 Å². The fraction of sp³-hybridized carbons (Fsp3) is 0.733. The van der Waals surface area contributed by atoms with E-state index in [1.54, 1.807) is 0 Å². The van der Waals surface area contributed by atoms with Crippen LogP contribution in [0.4, 0.5) is 0 Å². The zero-order valence-electron chi connectivity index (χ0n) is 22.8. The van der Waals surface area contributed by atoms with Gasteiger partial charge in [-0.2, -0.15) is 0 Å². The van der Waals surface area contributed by atoms with Crippen LogP contribution in [0.15, 0.2) is 30.5 Å². The van der Waals surface area contributed by atoms with E-state index in [-0.39, 0.29) is 0 Å². The third-order valence-corrected chi connectivity index (χ3v) is 7.93. The Labute approximate surface area is 204 Å². The van der Waals surface area contributed by atoms with Gasteiger partial charge in [-0.15, -0.1) is 0 Å². The van der Waals surface area contributed by atoms with Gasteiger partial charge in [0.1, 0.15) is 0 Å². The van der Waals surface area contributed by atoms with Crippen LogP contribution >= 0.6 is 0 Å². The van der Waals surface area contributed by atoms with Gasteiger partial charge < -0.3 is 10.3 Å². The molecule has 2 N–H and O–H groups in total. The van der Waals surface area contributed by atoms with Crippen molar-refractivity contribution in [3.05, 3.63) is 36.0 Å². The molecule has 6 rings (SSSR count). The average molecular weight is 454 g/mol. The first-order valence-corrected chi connectivity index (χ1v) is 13.5. The Kier molecular flexibility index (Phi) is 8.72. The largest absolute Gasteiger partial charge is 0.361 e. The van der Waals surface area contributed by atoms with E-state index >= 15 is 0 Å². The number of nitrogens with zero attached hydrogens (tertiary/aromatic N) is 1. The summed E-state index contributed by atoms with van der Waals surface area (Å²) in [6.07, 6.45) is 10.6. The maximum atomic E-state index is 3.50. The molecule has 2 aromatic rings. The highest BCUT2D eigenvalue weighted by molar-refractivity contribution is 5.83. The fourth-order valence-electron chi connectivity index (χ4n) is 5.92. The molecule has 3 heteroatoms. The van der Waals surface area contributed by atoms with E-state index in [2.05, 4.69) is 94.9 Å². The quantitative estimate of drug-likeness (QED) is 0.463. The third kappa shape index (κ3) is 7.09. The van der Waals surface area contributed by atoms with Crippen molar-refractivity contribution >= 4 is 10.9 Å². The van der Waals surface area contributed by atoms with Gasteiger partial charge in [0.25, 0.3) is 0 Å². The lowest BCUT2D eigenvalue weighted by molar-refractivity contribution is -0.0163. The molecule has 4 aliphatic rings. The summed E-state index contributed by atoms with van der Waals surface area (Å²) in [4.78, 5) is 5.94. The Morgan fingerprint density at radius 1 is 0.909 bits per heavy atom. The van der Waals surface area contributed by atoms with E-state index in [1.807, 2.05) is 6.20 Å². The zero-order valence-corrected chi connectivity index (χ0v) is 22.8. The van der Waals surface area contributed by atoms with Crippen LogP contribution in [0.1, 0.15) is 105 Å². The molecule has 4 fully saturated rings. The number of piperidine rings is 2. The minimum Gasteiger partial charge on any atom is -0.361 e. The van der Waals surface area contributed by atoms with Gasteiger partial charge in [0, 0.05) is 41.3 Å². The normalized spacial score (nSPS) is 25.5. The molecule has 1 aromatic heterocycles. The Bertz CT molecular complexity index is 837. The number of benzene rings is 1. The van der Waals surface area contributed by atoms with Crippen LogP contribution in [0.3, 0.4) is 0 Å². The van der Waals surface area contributed by atoms with E-state index in [9.17, 15) is 0 Å². The highest BCUT2D eigenvalue weighted by atomic mass is 15.2. The van der Waals surface area contributed by atoms with Crippen molar-refractivity contribution in [2.75, 3.05) is 13.1 Å². The molecular weight excluding hydrogens is 402 g/mol. The van der Waals surface area contributed by atoms with Gasteiger partial charge in [-0.1, -0.05) is 46.8 Å². The summed E-state index contributed by atoms with van der Waals surface area (Å²) in [5, 5.41) is 4.85. The number of fused-ring (bicyclic) bond motifs is 4. The van der Waals surface area contributed by atoms with Crippen molar-refractivity contribution in [3.63, 3.8) is 0 Å². The second-order valence-corrected chi connectivity index (χ2v) is 13.0. The first-order chi connectivity index (χ1) is 15.5. The SMILES string of the molecule is CC(C)(C)C1CCCN1.CC(C)(C)N1CC2CCC1CC2.CC(C)c1cccc2[nH]ccc12. The third-order valence-electron chi connectivity index (χ3n) is 7.93. The van der Waals surface area contributed by atoms with E-state index < -0.39 is 0 Å². The standard InChI is InChI=1S/C11H21N.C11H13N.C8H17N/c1-11(2,3)12-8-9-4-6-10(12)7-5-9;1-8(2)9-4-3-5-11-10(9)6-7-12-11;1-8(2,3)7-5-4-6-9-7/h9-10H,4-8H2,1-3H3;3-8,12H,1-2H3;7,9H,4-6H2,1-3H3. The lowest BCUT2D eigenvalue weighted by Crippen LogP contribution is -2.56. The molecule has 1 saturated carbocycles. The molecule has 186 valence electrons. The molecule has 1 aromatic carbocycles. The predicted molar refractivity (Wildman–Crippen MR) is 145 cm³/mol. The van der Waals surface area contributed by atoms with E-state index in [4.69, 9.17) is 0 Å². The van der Waals surface area contributed by atoms with E-state index in [0.29, 0.717) is 16.9 Å². The smallest absolute Gasteiger partial charge is 0.0456 e. The van der Waals surface area contributed by atoms with Crippen LogP contribution in [-0.2, 0) is 0 Å². The van der Waals surface area contributed by atoms with Gasteiger partial charge >= 0.3 is 0 Å². The molecule has 3 aliphatic heterocycles. The van der Waals surface area contributed by atoms with Gasteiger partial charge in [0.05, 0.1) is 0 Å². The van der Waals surface area contributed by atoms with E-state index in [0.717, 1.165) is 18.0 Å². The molecule has 3 saturated heterocycles. The summed E-state index contributed by atoms with van der Waals surface area (Å²) >= 11 is 0. The van der Waals surface area contributed by atoms with Gasteiger partial charge in [0.2, 0.25) is 0 Å². The monoisotopic (exact) mass is 453 g/mol. The minimum absolute atomic E-state index is 0.407. The lowest BCUT2D eigenvalue weighted by atomic mass is 9.78. The highest BCUT2D eigenvalue weighted by Gasteiger charge is 2.38. The molecular formula is C30H51N3. The van der Waals surface area contributed by atoms with Crippen molar-refractivity contribution in [1.82, 2.24) is 15.2 Å². The average Bonchev–Trinajstić information content (AvgIpc) is 3.46. The van der Waals surface area contributed by atoms with Crippen LogP contribution in [0.25, 0.3) is 10.9 Å². The minimum atomic E-state index is 0.407. The highest BCUT2D eigenvalue weighted by Crippen LogP contribution is 2.38. The molecule has 0 radical (unpaired) electrons. The van der Waals surface area contributed by atoms with Crippen LogP contribution in [0.2, 0.25) is 0 Å². The topological polar surface area (TPSA) is 31.1 Å². The first-order valence-electron chi connectivity index (χ1n) is 13.5. The van der Waals surface area contributed by atoms with Crippen LogP contribution < -0.4 is 5.32 Å². The van der Waals surface area contributed by atoms with Gasteiger partial charge in [-0.3, -0.25) is 4.90 Å². The number of aromatic amines is 1. The maximum Gasteiger partial charge on any atom is 0.0456 e. The van der Waals surface area contributed by atoms with Gasteiger partial charge in [0.15, 0.2) is 0 Å². The molecule has 3 nitrogen and oxygen atoms in total. The van der Waals surface area contributed by atoms with Crippen molar-refractivity contribution in [3.8, 4) is 0 Å². The summed E-state index contributed by atoms with van der Waals surface area (Å²) in [6.45, 7) is 21.0. The number of hydrogen-bond acceptors (Lipinski definition) is 2. The van der Waals surface area contributed by atoms with Crippen molar-refractivity contribution in [2.45, 2.75) is 117 Å². The molecule has 2 bridgehead atoms. The second kappa shape index (κ2) is 11.0. The second-order valence-electron chi connectivity index (χ2n) is 13.0. The van der Waals surface area contributed by atoms with Crippen molar-refractivity contribution in [2.24, 2.45) is 11.3 Å².